The Morgan fingerprint density at radius 1 is 1.12 bits per heavy atom. The van der Waals surface area contributed by atoms with Crippen LogP contribution in [0.15, 0.2) is 42.5 Å². The van der Waals surface area contributed by atoms with E-state index in [0.717, 1.165) is 17.9 Å². The van der Waals surface area contributed by atoms with E-state index in [1.54, 1.807) is 0 Å². The molecule has 4 nitrogen and oxygen atoms in total. The van der Waals surface area contributed by atoms with Gasteiger partial charge in [-0.25, -0.2) is 4.39 Å². The summed E-state index contributed by atoms with van der Waals surface area (Å²) in [5.74, 6) is 0.00471. The van der Waals surface area contributed by atoms with Crippen LogP contribution in [0.1, 0.15) is 32.6 Å². The van der Waals surface area contributed by atoms with Gasteiger partial charge in [0, 0.05) is 17.4 Å². The van der Waals surface area contributed by atoms with Crippen molar-refractivity contribution in [3.8, 4) is 5.75 Å². The molecule has 0 aliphatic heterocycles. The Morgan fingerprint density at radius 2 is 1.96 bits per heavy atom. The summed E-state index contributed by atoms with van der Waals surface area (Å²) in [4.78, 5) is 12.0. The van der Waals surface area contributed by atoms with Crippen molar-refractivity contribution in [2.24, 2.45) is 0 Å². The van der Waals surface area contributed by atoms with Crippen molar-refractivity contribution in [2.75, 3.05) is 23.8 Å². The number of unbranched alkanes of at least 4 members (excludes halogenated alkanes) is 3. The van der Waals surface area contributed by atoms with Crippen LogP contribution in [0.2, 0.25) is 5.02 Å². The fourth-order valence-electron chi connectivity index (χ4n) is 2.38. The fourth-order valence-corrected chi connectivity index (χ4v) is 2.56. The molecule has 0 aliphatic rings. The number of rotatable bonds is 10. The maximum atomic E-state index is 13.1. The van der Waals surface area contributed by atoms with Gasteiger partial charge in [-0.05, 0) is 36.8 Å². The van der Waals surface area contributed by atoms with Crippen LogP contribution in [-0.4, -0.2) is 19.1 Å². The Balaban J connectivity index is 1.78. The number of benzene rings is 2. The molecule has 2 rings (SSSR count). The number of carbonyl (C=O) groups excluding carboxylic acids is 1. The van der Waals surface area contributed by atoms with Crippen LogP contribution in [0.25, 0.3) is 0 Å². The van der Waals surface area contributed by atoms with Crippen molar-refractivity contribution in [3.63, 3.8) is 0 Å². The lowest BCUT2D eigenvalue weighted by Crippen LogP contribution is -2.21. The van der Waals surface area contributed by atoms with E-state index >= 15 is 0 Å². The first-order chi connectivity index (χ1) is 12.6. The average Bonchev–Trinajstić information content (AvgIpc) is 2.63. The smallest absolute Gasteiger partial charge is 0.243 e. The third-order valence-corrected chi connectivity index (χ3v) is 4.05. The molecule has 0 aliphatic carbocycles. The molecule has 0 saturated heterocycles. The van der Waals surface area contributed by atoms with Crippen LogP contribution in [0.5, 0.6) is 5.75 Å². The summed E-state index contributed by atoms with van der Waals surface area (Å²) < 4.78 is 18.9. The van der Waals surface area contributed by atoms with Crippen LogP contribution in [0, 0.1) is 5.82 Å². The van der Waals surface area contributed by atoms with Gasteiger partial charge in [0.15, 0.2) is 0 Å². The normalized spacial score (nSPS) is 10.4. The molecule has 2 aromatic rings. The Labute approximate surface area is 158 Å². The minimum Gasteiger partial charge on any atom is -0.494 e. The van der Waals surface area contributed by atoms with Crippen molar-refractivity contribution in [3.05, 3.63) is 53.3 Å². The first-order valence-corrected chi connectivity index (χ1v) is 9.18. The average molecular weight is 379 g/mol. The van der Waals surface area contributed by atoms with Crippen molar-refractivity contribution >= 4 is 28.9 Å². The van der Waals surface area contributed by atoms with E-state index in [1.807, 2.05) is 24.3 Å². The number of amides is 1. The summed E-state index contributed by atoms with van der Waals surface area (Å²) in [6, 6.07) is 11.6. The van der Waals surface area contributed by atoms with Gasteiger partial charge >= 0.3 is 0 Å². The van der Waals surface area contributed by atoms with Gasteiger partial charge in [-0.15, -0.1) is 0 Å². The Morgan fingerprint density at radius 3 is 2.73 bits per heavy atom. The summed E-state index contributed by atoms with van der Waals surface area (Å²) in [5.41, 5.74) is 1.25. The van der Waals surface area contributed by atoms with E-state index in [9.17, 15) is 9.18 Å². The Kier molecular flexibility index (Phi) is 8.22. The van der Waals surface area contributed by atoms with Gasteiger partial charge in [0.2, 0.25) is 5.91 Å². The number of anilines is 2. The molecule has 140 valence electrons. The first-order valence-electron chi connectivity index (χ1n) is 8.80. The van der Waals surface area contributed by atoms with Crippen LogP contribution in [0.4, 0.5) is 15.8 Å². The number of carbonyl (C=O) groups is 1. The molecule has 2 aromatic carbocycles. The van der Waals surface area contributed by atoms with Crippen molar-refractivity contribution < 1.29 is 13.9 Å². The number of ether oxygens (including phenoxy) is 1. The van der Waals surface area contributed by atoms with Crippen molar-refractivity contribution in [1.82, 2.24) is 0 Å². The lowest BCUT2D eigenvalue weighted by molar-refractivity contribution is -0.114. The molecule has 0 aromatic heterocycles. The number of hydrogen-bond donors (Lipinski definition) is 2. The number of hydrogen-bond acceptors (Lipinski definition) is 3. The van der Waals surface area contributed by atoms with Crippen LogP contribution in [-0.2, 0) is 4.79 Å². The molecule has 0 radical (unpaired) electrons. The third kappa shape index (κ3) is 6.92. The third-order valence-electron chi connectivity index (χ3n) is 3.76. The standard InChI is InChI=1S/C20H24ClFN2O2/c1-2-3-4-5-11-26-17-8-6-7-15(12-17)23-14-20(25)24-16-9-10-19(22)18(21)13-16/h6-10,12-13,23H,2-5,11,14H2,1H3,(H,24,25). The van der Waals surface area contributed by atoms with E-state index in [2.05, 4.69) is 17.6 Å². The van der Waals surface area contributed by atoms with Crippen LogP contribution < -0.4 is 15.4 Å². The predicted octanol–water partition coefficient (Wildman–Crippen LogP) is 5.49. The molecular formula is C20H24ClFN2O2. The van der Waals surface area contributed by atoms with E-state index in [-0.39, 0.29) is 17.5 Å². The first kappa shape index (κ1) is 20.0. The van der Waals surface area contributed by atoms with Crippen LogP contribution in [0.3, 0.4) is 0 Å². The number of nitrogens with one attached hydrogen (secondary N) is 2. The van der Waals surface area contributed by atoms with E-state index < -0.39 is 5.82 Å². The highest BCUT2D eigenvalue weighted by atomic mass is 35.5. The molecule has 26 heavy (non-hydrogen) atoms. The molecule has 2 N–H and O–H groups in total. The second-order valence-electron chi connectivity index (χ2n) is 5.97. The zero-order valence-electron chi connectivity index (χ0n) is 14.9. The summed E-state index contributed by atoms with van der Waals surface area (Å²) in [7, 11) is 0. The Bertz CT molecular complexity index is 725. The molecule has 0 atom stereocenters. The maximum absolute atomic E-state index is 13.1. The largest absolute Gasteiger partial charge is 0.494 e. The fraction of sp³-hybridized carbons (Fsp3) is 0.350. The number of halogens is 2. The second-order valence-corrected chi connectivity index (χ2v) is 6.37. The highest BCUT2D eigenvalue weighted by molar-refractivity contribution is 6.31. The van der Waals surface area contributed by atoms with Gasteiger partial charge in [-0.3, -0.25) is 4.79 Å². The van der Waals surface area contributed by atoms with Gasteiger partial charge in [0.1, 0.15) is 11.6 Å². The lowest BCUT2D eigenvalue weighted by atomic mass is 10.2. The monoisotopic (exact) mass is 378 g/mol. The molecule has 0 spiro atoms. The van der Waals surface area contributed by atoms with Gasteiger partial charge in [0.05, 0.1) is 18.2 Å². The molecule has 0 unspecified atom stereocenters. The van der Waals surface area contributed by atoms with Crippen LogP contribution >= 0.6 is 11.6 Å². The Hall–Kier alpha value is -2.27. The molecular weight excluding hydrogens is 355 g/mol. The topological polar surface area (TPSA) is 50.4 Å². The zero-order chi connectivity index (χ0) is 18.8. The molecule has 0 saturated carbocycles. The van der Waals surface area contributed by atoms with E-state index in [1.165, 1.54) is 37.5 Å². The summed E-state index contributed by atoms with van der Waals surface area (Å²) >= 11 is 5.70. The highest BCUT2D eigenvalue weighted by Crippen LogP contribution is 2.20. The van der Waals surface area contributed by atoms with Gasteiger partial charge in [-0.2, -0.15) is 0 Å². The van der Waals surface area contributed by atoms with Gasteiger partial charge < -0.3 is 15.4 Å². The quantitative estimate of drug-likeness (QED) is 0.537. The van der Waals surface area contributed by atoms with Gasteiger partial charge in [0.25, 0.3) is 0 Å². The SMILES string of the molecule is CCCCCCOc1cccc(NCC(=O)Nc2ccc(F)c(Cl)c2)c1. The molecule has 6 heteroatoms. The molecule has 0 fully saturated rings. The van der Waals surface area contributed by atoms with E-state index in [0.29, 0.717) is 12.3 Å². The van der Waals surface area contributed by atoms with E-state index in [4.69, 9.17) is 16.3 Å². The zero-order valence-corrected chi connectivity index (χ0v) is 15.6. The molecule has 1 amide bonds. The lowest BCUT2D eigenvalue weighted by Gasteiger charge is -2.10. The molecule has 0 heterocycles. The summed E-state index contributed by atoms with van der Waals surface area (Å²) in [6.07, 6.45) is 4.63. The predicted molar refractivity (Wildman–Crippen MR) is 105 cm³/mol. The minimum atomic E-state index is -0.519. The highest BCUT2D eigenvalue weighted by Gasteiger charge is 2.06. The van der Waals surface area contributed by atoms with Crippen molar-refractivity contribution in [2.45, 2.75) is 32.6 Å². The summed E-state index contributed by atoms with van der Waals surface area (Å²) in [6.45, 7) is 2.95. The molecule has 0 bridgehead atoms. The second kappa shape index (κ2) is 10.7. The summed E-state index contributed by atoms with van der Waals surface area (Å²) in [5, 5.41) is 5.68. The van der Waals surface area contributed by atoms with Gasteiger partial charge in [-0.1, -0.05) is 43.9 Å². The maximum Gasteiger partial charge on any atom is 0.243 e. The van der Waals surface area contributed by atoms with Crippen molar-refractivity contribution in [1.29, 1.82) is 0 Å². The minimum absolute atomic E-state index is 0.0282.